The number of hydrogen-bond acceptors (Lipinski definition) is 9. The smallest absolute Gasteiger partial charge is 0.337 e. The number of aliphatic hydroxyl groups is 1. The third kappa shape index (κ3) is 7.99. The molecule has 11 nitrogen and oxygen atoms in total. The van der Waals surface area contributed by atoms with Crippen LogP contribution in [0.2, 0.25) is 0 Å². The van der Waals surface area contributed by atoms with Crippen molar-refractivity contribution in [2.24, 2.45) is 5.10 Å². The maximum atomic E-state index is 12.4. The summed E-state index contributed by atoms with van der Waals surface area (Å²) in [5.74, 6) is 0.957. The number of hydrazone groups is 1. The lowest BCUT2D eigenvalue weighted by atomic mass is 9.95. The molecule has 0 aromatic heterocycles. The third-order valence-electron chi connectivity index (χ3n) is 5.42. The molecule has 4 N–H and O–H groups in total. The van der Waals surface area contributed by atoms with Crippen LogP contribution in [0.1, 0.15) is 37.9 Å². The number of amides is 2. The lowest BCUT2D eigenvalue weighted by Crippen LogP contribution is -2.45. The van der Waals surface area contributed by atoms with E-state index in [1.165, 1.54) is 7.11 Å². The quantitative estimate of drug-likeness (QED) is 0.0851. The highest BCUT2D eigenvalue weighted by Gasteiger charge is 2.32. The number of nitrogens with zero attached hydrogens (tertiary/aromatic N) is 1. The van der Waals surface area contributed by atoms with Crippen molar-refractivity contribution >= 4 is 56.7 Å². The molecule has 1 heterocycles. The van der Waals surface area contributed by atoms with E-state index in [9.17, 15) is 14.7 Å². The summed E-state index contributed by atoms with van der Waals surface area (Å²) < 4.78 is 23.8. The van der Waals surface area contributed by atoms with Crippen LogP contribution < -0.4 is 30.3 Å². The lowest BCUT2D eigenvalue weighted by Gasteiger charge is -2.28. The standard InChI is InChI=1S/C26H30BrIN4O7/c1-5-37-20-11-16(23-22(25(34)36-4)14(3)30-26(35)31-23)7-8-19(20)39-13-21(33)32-29-12-15-9-17(27)24(38-6-2)18(28)10-15/h7-12,21,23,32-33H,5-6,13H2,1-4H3,(H2,30,31,35)/b29-12-/t21-,23+/m0/s1. The van der Waals surface area contributed by atoms with Crippen LogP contribution in [-0.4, -0.2) is 56.5 Å². The second kappa shape index (κ2) is 14.4. The van der Waals surface area contributed by atoms with Gasteiger partial charge in [-0.2, -0.15) is 5.10 Å². The van der Waals surface area contributed by atoms with Crippen molar-refractivity contribution in [2.75, 3.05) is 26.9 Å². The van der Waals surface area contributed by atoms with E-state index in [4.69, 9.17) is 18.9 Å². The first-order valence-corrected chi connectivity index (χ1v) is 13.9. The minimum absolute atomic E-state index is 0.127. The van der Waals surface area contributed by atoms with Crippen LogP contribution in [0.15, 0.2) is 51.2 Å². The lowest BCUT2D eigenvalue weighted by molar-refractivity contribution is -0.136. The molecule has 0 radical (unpaired) electrons. The number of carbonyl (C=O) groups is 2. The first-order valence-electron chi connectivity index (χ1n) is 12.0. The van der Waals surface area contributed by atoms with E-state index in [1.807, 2.05) is 26.0 Å². The van der Waals surface area contributed by atoms with Gasteiger partial charge in [0.1, 0.15) is 12.4 Å². The number of allylic oxidation sites excluding steroid dienone is 1. The predicted molar refractivity (Wildman–Crippen MR) is 157 cm³/mol. The minimum Gasteiger partial charge on any atom is -0.492 e. The predicted octanol–water partition coefficient (Wildman–Crippen LogP) is 3.97. The van der Waals surface area contributed by atoms with Gasteiger partial charge in [-0.25, -0.2) is 9.59 Å². The van der Waals surface area contributed by atoms with Gasteiger partial charge in [0, 0.05) is 5.70 Å². The Labute approximate surface area is 248 Å². The van der Waals surface area contributed by atoms with E-state index in [1.54, 1.807) is 31.3 Å². The molecule has 2 amide bonds. The number of carbonyl (C=O) groups excluding carboxylic acids is 2. The Morgan fingerprint density at radius 1 is 1.21 bits per heavy atom. The fourth-order valence-corrected chi connectivity index (χ4v) is 5.53. The van der Waals surface area contributed by atoms with E-state index >= 15 is 0 Å². The molecule has 0 saturated heterocycles. The van der Waals surface area contributed by atoms with E-state index in [2.05, 4.69) is 59.7 Å². The van der Waals surface area contributed by atoms with E-state index < -0.39 is 24.3 Å². The van der Waals surface area contributed by atoms with E-state index in [0.717, 1.165) is 19.4 Å². The van der Waals surface area contributed by atoms with Gasteiger partial charge in [0.25, 0.3) is 0 Å². The Bertz CT molecular complexity index is 1250. The Kier molecular flexibility index (Phi) is 11.2. The molecule has 0 bridgehead atoms. The van der Waals surface area contributed by atoms with Crippen LogP contribution in [0, 0.1) is 3.57 Å². The molecule has 3 rings (SSSR count). The van der Waals surface area contributed by atoms with Crippen LogP contribution in [0.25, 0.3) is 0 Å². The summed E-state index contributed by atoms with van der Waals surface area (Å²) in [5, 5.41) is 19.8. The van der Waals surface area contributed by atoms with Gasteiger partial charge in [0.2, 0.25) is 0 Å². The molecule has 2 atom stereocenters. The molecule has 13 heteroatoms. The van der Waals surface area contributed by atoms with Crippen molar-refractivity contribution in [1.82, 2.24) is 16.1 Å². The van der Waals surface area contributed by atoms with Crippen molar-refractivity contribution in [2.45, 2.75) is 33.0 Å². The highest BCUT2D eigenvalue weighted by molar-refractivity contribution is 14.1. The largest absolute Gasteiger partial charge is 0.492 e. The minimum atomic E-state index is -1.11. The Morgan fingerprint density at radius 3 is 2.62 bits per heavy atom. The number of rotatable bonds is 12. The van der Waals surface area contributed by atoms with E-state index in [0.29, 0.717) is 36.0 Å². The Morgan fingerprint density at radius 2 is 1.95 bits per heavy atom. The molecule has 0 saturated carbocycles. The Balaban J connectivity index is 1.69. The van der Waals surface area contributed by atoms with Crippen molar-refractivity contribution in [1.29, 1.82) is 0 Å². The molecular formula is C26H30BrIN4O7. The normalized spacial score (nSPS) is 15.9. The number of nitrogens with one attached hydrogen (secondary N) is 3. The zero-order valence-corrected chi connectivity index (χ0v) is 25.6. The topological polar surface area (TPSA) is 140 Å². The van der Waals surface area contributed by atoms with Gasteiger partial charge in [0.15, 0.2) is 17.7 Å². The maximum Gasteiger partial charge on any atom is 0.337 e. The van der Waals surface area contributed by atoms with Crippen LogP contribution >= 0.6 is 38.5 Å². The summed E-state index contributed by atoms with van der Waals surface area (Å²) >= 11 is 5.68. The fraction of sp³-hybridized carbons (Fsp3) is 0.346. The number of methoxy groups -OCH3 is 1. The number of halogens is 2. The zero-order chi connectivity index (χ0) is 28.5. The summed E-state index contributed by atoms with van der Waals surface area (Å²) in [7, 11) is 1.28. The number of urea groups is 1. The van der Waals surface area contributed by atoms with Crippen molar-refractivity contribution in [3.63, 3.8) is 0 Å². The number of ether oxygens (including phenoxy) is 4. The van der Waals surface area contributed by atoms with Gasteiger partial charge >= 0.3 is 12.0 Å². The molecule has 1 aliphatic rings. The molecule has 0 spiro atoms. The summed E-state index contributed by atoms with van der Waals surface area (Å²) in [5.41, 5.74) is 4.71. The van der Waals surface area contributed by atoms with Gasteiger partial charge in [-0.1, -0.05) is 6.07 Å². The number of hydrogen-bond donors (Lipinski definition) is 4. The van der Waals surface area contributed by atoms with Crippen LogP contribution in [0.3, 0.4) is 0 Å². The first-order chi connectivity index (χ1) is 18.7. The maximum absolute atomic E-state index is 12.4. The van der Waals surface area contributed by atoms with Crippen LogP contribution in [-0.2, 0) is 9.53 Å². The monoisotopic (exact) mass is 716 g/mol. The second-order valence-electron chi connectivity index (χ2n) is 8.16. The third-order valence-corrected chi connectivity index (χ3v) is 6.81. The highest BCUT2D eigenvalue weighted by Crippen LogP contribution is 2.35. The number of esters is 1. The molecule has 0 aliphatic carbocycles. The molecule has 2 aromatic rings. The highest BCUT2D eigenvalue weighted by atomic mass is 127. The summed E-state index contributed by atoms with van der Waals surface area (Å²) in [6, 6.07) is 7.62. The molecule has 1 aliphatic heterocycles. The van der Waals surface area contributed by atoms with Crippen molar-refractivity contribution in [3.05, 3.63) is 60.8 Å². The first kappa shape index (κ1) is 30.5. The molecule has 2 aromatic carbocycles. The number of benzene rings is 2. The molecular weight excluding hydrogens is 687 g/mol. The average molecular weight is 717 g/mol. The van der Waals surface area contributed by atoms with Gasteiger partial charge in [-0.15, -0.1) is 0 Å². The SMILES string of the molecule is CCOc1cc([C@H]2NC(=O)NC(C)=C2C(=O)OC)ccc1OC[C@H](O)N/N=C\c1cc(Br)c(OCC)c(I)c1. The van der Waals surface area contributed by atoms with Gasteiger partial charge in [0.05, 0.1) is 46.2 Å². The van der Waals surface area contributed by atoms with Gasteiger partial charge in [-0.3, -0.25) is 5.43 Å². The second-order valence-corrected chi connectivity index (χ2v) is 10.2. The van der Waals surface area contributed by atoms with Crippen LogP contribution in [0.5, 0.6) is 17.2 Å². The summed E-state index contributed by atoms with van der Waals surface area (Å²) in [6.07, 6.45) is 0.467. The van der Waals surface area contributed by atoms with Crippen molar-refractivity contribution in [3.8, 4) is 17.2 Å². The van der Waals surface area contributed by atoms with Crippen LogP contribution in [0.4, 0.5) is 4.79 Å². The fourth-order valence-electron chi connectivity index (χ4n) is 3.76. The summed E-state index contributed by atoms with van der Waals surface area (Å²) in [6.45, 7) is 6.15. The Hall–Kier alpha value is -3.04. The number of aliphatic hydroxyl groups excluding tert-OH is 1. The summed E-state index contributed by atoms with van der Waals surface area (Å²) in [4.78, 5) is 24.5. The van der Waals surface area contributed by atoms with Gasteiger partial charge < -0.3 is 34.7 Å². The van der Waals surface area contributed by atoms with Gasteiger partial charge in [-0.05, 0) is 94.7 Å². The average Bonchev–Trinajstić information content (AvgIpc) is 2.89. The molecule has 210 valence electrons. The molecule has 39 heavy (non-hydrogen) atoms. The van der Waals surface area contributed by atoms with Crippen molar-refractivity contribution < 1.29 is 33.6 Å². The molecule has 0 unspecified atom stereocenters. The molecule has 0 fully saturated rings. The van der Waals surface area contributed by atoms with E-state index in [-0.39, 0.29) is 12.2 Å². The zero-order valence-electron chi connectivity index (χ0n) is 21.8.